The fourth-order valence-electron chi connectivity index (χ4n) is 2.85. The summed E-state index contributed by atoms with van der Waals surface area (Å²) in [6, 6.07) is 15.0. The zero-order valence-electron chi connectivity index (χ0n) is 14.0. The van der Waals surface area contributed by atoms with Crippen molar-refractivity contribution in [1.82, 2.24) is 5.32 Å². The number of ether oxygens (including phenoxy) is 2. The van der Waals surface area contributed by atoms with Crippen molar-refractivity contribution in [2.45, 2.75) is 32.0 Å². The first kappa shape index (κ1) is 17.4. The fraction of sp³-hybridized carbons (Fsp3) is 0.368. The number of hydrogen-bond donors (Lipinski definition) is 1. The third-order valence-electron chi connectivity index (χ3n) is 4.29. The summed E-state index contributed by atoms with van der Waals surface area (Å²) >= 11 is 0. The molecule has 0 radical (unpaired) electrons. The van der Waals surface area contributed by atoms with Gasteiger partial charge in [0.15, 0.2) is 0 Å². The lowest BCUT2D eigenvalue weighted by atomic mass is 10.1. The number of rotatable bonds is 7. The van der Waals surface area contributed by atoms with E-state index in [0.717, 1.165) is 37.2 Å². The second-order valence-electron chi connectivity index (χ2n) is 6.09. The van der Waals surface area contributed by atoms with Gasteiger partial charge < -0.3 is 14.8 Å². The quantitative estimate of drug-likeness (QED) is 0.616. The normalized spacial score (nSPS) is 15.0. The Hall–Kier alpha value is -2.44. The number of non-ortho nitro benzene ring substituents is 1. The SMILES string of the molecule is O=[N+]([O-])c1ccc(OCc2ccccc2)c(CNC2CCOCC2)c1. The second-order valence-corrected chi connectivity index (χ2v) is 6.09. The van der Waals surface area contributed by atoms with Crippen LogP contribution in [0.5, 0.6) is 5.75 Å². The number of benzene rings is 2. The Balaban J connectivity index is 1.70. The largest absolute Gasteiger partial charge is 0.489 e. The molecular formula is C19H22N2O4. The fourth-order valence-corrected chi connectivity index (χ4v) is 2.85. The van der Waals surface area contributed by atoms with Crippen molar-refractivity contribution in [2.75, 3.05) is 13.2 Å². The molecular weight excluding hydrogens is 320 g/mol. The van der Waals surface area contributed by atoms with Gasteiger partial charge in [0, 0.05) is 43.5 Å². The van der Waals surface area contributed by atoms with Gasteiger partial charge in [-0.3, -0.25) is 10.1 Å². The summed E-state index contributed by atoms with van der Waals surface area (Å²) in [5.41, 5.74) is 1.94. The minimum absolute atomic E-state index is 0.0795. The standard InChI is InChI=1S/C19H22N2O4/c22-21(23)18-6-7-19(25-14-15-4-2-1-3-5-15)16(12-18)13-20-17-8-10-24-11-9-17/h1-7,12,17,20H,8-11,13-14H2. The molecule has 2 aromatic rings. The van der Waals surface area contributed by atoms with E-state index in [4.69, 9.17) is 9.47 Å². The molecule has 0 aliphatic carbocycles. The lowest BCUT2D eigenvalue weighted by Gasteiger charge is -2.23. The van der Waals surface area contributed by atoms with Crippen molar-refractivity contribution < 1.29 is 14.4 Å². The zero-order valence-corrected chi connectivity index (χ0v) is 14.0. The van der Waals surface area contributed by atoms with E-state index in [1.54, 1.807) is 12.1 Å². The molecule has 0 aromatic heterocycles. The smallest absolute Gasteiger partial charge is 0.270 e. The van der Waals surface area contributed by atoms with Gasteiger partial charge in [0.2, 0.25) is 0 Å². The maximum Gasteiger partial charge on any atom is 0.270 e. The molecule has 132 valence electrons. The highest BCUT2D eigenvalue weighted by atomic mass is 16.6. The maximum atomic E-state index is 11.1. The van der Waals surface area contributed by atoms with Gasteiger partial charge in [-0.05, 0) is 24.5 Å². The van der Waals surface area contributed by atoms with E-state index in [1.165, 1.54) is 6.07 Å². The van der Waals surface area contributed by atoms with Crippen LogP contribution in [0.3, 0.4) is 0 Å². The van der Waals surface area contributed by atoms with Gasteiger partial charge in [-0.15, -0.1) is 0 Å². The molecule has 3 rings (SSSR count). The lowest BCUT2D eigenvalue weighted by molar-refractivity contribution is -0.384. The zero-order chi connectivity index (χ0) is 17.5. The molecule has 1 aliphatic rings. The van der Waals surface area contributed by atoms with Crippen LogP contribution in [0.1, 0.15) is 24.0 Å². The Morgan fingerprint density at radius 1 is 1.16 bits per heavy atom. The lowest BCUT2D eigenvalue weighted by Crippen LogP contribution is -2.34. The first-order valence-electron chi connectivity index (χ1n) is 8.47. The number of nitro groups is 1. The van der Waals surface area contributed by atoms with Crippen LogP contribution in [0.2, 0.25) is 0 Å². The van der Waals surface area contributed by atoms with E-state index in [0.29, 0.717) is 24.9 Å². The van der Waals surface area contributed by atoms with Crippen LogP contribution in [0.4, 0.5) is 5.69 Å². The van der Waals surface area contributed by atoms with E-state index in [-0.39, 0.29) is 10.6 Å². The first-order valence-corrected chi connectivity index (χ1v) is 8.47. The van der Waals surface area contributed by atoms with Gasteiger partial charge in [0.25, 0.3) is 5.69 Å². The Morgan fingerprint density at radius 2 is 1.92 bits per heavy atom. The average Bonchev–Trinajstić information content (AvgIpc) is 2.66. The molecule has 0 saturated carbocycles. The molecule has 0 spiro atoms. The summed E-state index contributed by atoms with van der Waals surface area (Å²) in [5, 5.41) is 14.5. The van der Waals surface area contributed by atoms with E-state index in [9.17, 15) is 10.1 Å². The van der Waals surface area contributed by atoms with Crippen LogP contribution in [0, 0.1) is 10.1 Å². The molecule has 1 N–H and O–H groups in total. The van der Waals surface area contributed by atoms with Crippen molar-refractivity contribution >= 4 is 5.69 Å². The van der Waals surface area contributed by atoms with Gasteiger partial charge in [-0.1, -0.05) is 30.3 Å². The van der Waals surface area contributed by atoms with Gasteiger partial charge in [-0.2, -0.15) is 0 Å². The molecule has 25 heavy (non-hydrogen) atoms. The predicted molar refractivity (Wildman–Crippen MR) is 94.6 cm³/mol. The van der Waals surface area contributed by atoms with Crippen molar-refractivity contribution in [1.29, 1.82) is 0 Å². The highest BCUT2D eigenvalue weighted by Gasteiger charge is 2.16. The third kappa shape index (κ3) is 5.01. The Morgan fingerprint density at radius 3 is 2.64 bits per heavy atom. The molecule has 6 heteroatoms. The topological polar surface area (TPSA) is 73.6 Å². The van der Waals surface area contributed by atoms with Crippen molar-refractivity contribution in [2.24, 2.45) is 0 Å². The Kier molecular flexibility index (Phi) is 5.98. The molecule has 1 saturated heterocycles. The van der Waals surface area contributed by atoms with E-state index in [2.05, 4.69) is 5.32 Å². The van der Waals surface area contributed by atoms with Crippen molar-refractivity contribution in [3.05, 3.63) is 69.8 Å². The second kappa shape index (κ2) is 8.60. The average molecular weight is 342 g/mol. The van der Waals surface area contributed by atoms with Crippen molar-refractivity contribution in [3.8, 4) is 5.75 Å². The van der Waals surface area contributed by atoms with Crippen LogP contribution in [0.15, 0.2) is 48.5 Å². The summed E-state index contributed by atoms with van der Waals surface area (Å²) in [5.74, 6) is 0.675. The van der Waals surface area contributed by atoms with E-state index in [1.807, 2.05) is 30.3 Å². The number of nitrogens with zero attached hydrogens (tertiary/aromatic N) is 1. The molecule has 2 aromatic carbocycles. The van der Waals surface area contributed by atoms with Crippen molar-refractivity contribution in [3.63, 3.8) is 0 Å². The highest BCUT2D eigenvalue weighted by molar-refractivity contribution is 5.44. The van der Waals surface area contributed by atoms with Gasteiger partial charge in [0.05, 0.1) is 4.92 Å². The van der Waals surface area contributed by atoms with E-state index >= 15 is 0 Å². The van der Waals surface area contributed by atoms with Gasteiger partial charge in [0.1, 0.15) is 12.4 Å². The number of hydrogen-bond acceptors (Lipinski definition) is 5. The van der Waals surface area contributed by atoms with Gasteiger partial charge >= 0.3 is 0 Å². The van der Waals surface area contributed by atoms with Gasteiger partial charge in [-0.25, -0.2) is 0 Å². The van der Waals surface area contributed by atoms with E-state index < -0.39 is 0 Å². The highest BCUT2D eigenvalue weighted by Crippen LogP contribution is 2.25. The summed E-state index contributed by atoms with van der Waals surface area (Å²) in [6.07, 6.45) is 1.91. The number of nitro benzene ring substituents is 1. The molecule has 1 fully saturated rings. The minimum Gasteiger partial charge on any atom is -0.489 e. The molecule has 6 nitrogen and oxygen atoms in total. The third-order valence-corrected chi connectivity index (χ3v) is 4.29. The first-order chi connectivity index (χ1) is 12.2. The number of nitrogens with one attached hydrogen (secondary N) is 1. The Labute approximate surface area is 146 Å². The molecule has 0 unspecified atom stereocenters. The molecule has 1 aliphatic heterocycles. The summed E-state index contributed by atoms with van der Waals surface area (Å²) < 4.78 is 11.3. The van der Waals surface area contributed by atoms with Crippen LogP contribution < -0.4 is 10.1 Å². The summed E-state index contributed by atoms with van der Waals surface area (Å²) in [6.45, 7) is 2.48. The molecule has 1 heterocycles. The monoisotopic (exact) mass is 342 g/mol. The van der Waals surface area contributed by atoms with Crippen LogP contribution in [-0.4, -0.2) is 24.2 Å². The minimum atomic E-state index is -0.376. The van der Waals surface area contributed by atoms with Crippen LogP contribution in [-0.2, 0) is 17.9 Å². The van der Waals surface area contributed by atoms with Crippen LogP contribution >= 0.6 is 0 Å². The molecule has 0 atom stereocenters. The summed E-state index contributed by atoms with van der Waals surface area (Å²) in [4.78, 5) is 10.7. The van der Waals surface area contributed by atoms with Crippen LogP contribution in [0.25, 0.3) is 0 Å². The predicted octanol–water partition coefficient (Wildman–Crippen LogP) is 3.44. The molecule has 0 bridgehead atoms. The summed E-state index contributed by atoms with van der Waals surface area (Å²) in [7, 11) is 0. The molecule has 0 amide bonds. The maximum absolute atomic E-state index is 11.1. The Bertz CT molecular complexity index is 700.